The Morgan fingerprint density at radius 2 is 1.86 bits per heavy atom. The molecule has 21 heavy (non-hydrogen) atoms. The Hall–Kier alpha value is 0.237. The van der Waals surface area contributed by atoms with E-state index in [0.29, 0.717) is 30.2 Å². The lowest BCUT2D eigenvalue weighted by molar-refractivity contribution is 0.0910. The fourth-order valence-corrected chi connectivity index (χ4v) is 3.96. The molecule has 0 heterocycles. The van der Waals surface area contributed by atoms with Crippen molar-refractivity contribution >= 4 is 25.1 Å². The molecule has 0 saturated heterocycles. The van der Waals surface area contributed by atoms with Crippen molar-refractivity contribution in [2.75, 3.05) is 6.61 Å². The Morgan fingerprint density at radius 3 is 2.33 bits per heavy atom. The van der Waals surface area contributed by atoms with Gasteiger partial charge in [-0.2, -0.15) is 0 Å². The highest BCUT2D eigenvalue weighted by Gasteiger charge is 2.39. The maximum Gasteiger partial charge on any atom is 0.219 e. The summed E-state index contributed by atoms with van der Waals surface area (Å²) >= 11 is 0.419. The van der Waals surface area contributed by atoms with Crippen LogP contribution in [0, 0.1) is 5.92 Å². The first-order valence-corrected chi connectivity index (χ1v) is 11.5. The predicted octanol–water partition coefficient (Wildman–Crippen LogP) is 3.07. The van der Waals surface area contributed by atoms with Gasteiger partial charge in [0, 0.05) is 6.10 Å². The fourth-order valence-electron chi connectivity index (χ4n) is 2.29. The van der Waals surface area contributed by atoms with Gasteiger partial charge in [-0.25, -0.2) is 4.83 Å². The van der Waals surface area contributed by atoms with Gasteiger partial charge < -0.3 is 14.3 Å². The normalized spacial score (nSPS) is 25.6. The summed E-state index contributed by atoms with van der Waals surface area (Å²) in [7, 11) is -1.66. The van der Waals surface area contributed by atoms with Crippen LogP contribution in [0.3, 0.4) is 0 Å². The number of aliphatic hydroxyl groups is 1. The minimum atomic E-state index is -1.66. The second-order valence-corrected chi connectivity index (χ2v) is 13.0. The van der Waals surface area contributed by atoms with Crippen molar-refractivity contribution in [1.29, 1.82) is 0 Å². The third kappa shape index (κ3) is 6.48. The highest BCUT2D eigenvalue weighted by Crippen LogP contribution is 2.39. The third-order valence-corrected chi connectivity index (χ3v) is 9.65. The molecule has 1 saturated carbocycles. The number of hydrazine groups is 1. The van der Waals surface area contributed by atoms with Gasteiger partial charge in [0.05, 0.1) is 6.61 Å². The molecule has 1 aliphatic carbocycles. The van der Waals surface area contributed by atoms with Crippen molar-refractivity contribution in [3.63, 3.8) is 0 Å². The standard InChI is InChI=1S/C14H32N2O3SSi/c1-14(2,3)21(4,5)19-12-8-6-11(7-9-12)10-18-13(17)20-16-15/h11-12,16-17,20H,6-10,15H2,1-5H3. The molecule has 0 bridgehead atoms. The second kappa shape index (κ2) is 8.19. The van der Waals surface area contributed by atoms with E-state index in [1.54, 1.807) is 0 Å². The van der Waals surface area contributed by atoms with Crippen LogP contribution in [0.15, 0.2) is 0 Å². The summed E-state index contributed by atoms with van der Waals surface area (Å²) in [6.07, 6.45) is 4.77. The van der Waals surface area contributed by atoms with E-state index in [2.05, 4.69) is 38.7 Å². The van der Waals surface area contributed by atoms with E-state index < -0.39 is 8.32 Å². The van der Waals surface area contributed by atoms with Crippen LogP contribution in [-0.4, -0.2) is 31.4 Å². The van der Waals surface area contributed by atoms with Crippen molar-refractivity contribution in [2.24, 2.45) is 11.8 Å². The molecule has 0 aromatic carbocycles. The SMILES string of the molecule is CC(C)(C)[Si](C)(C)OC1CCC(COC(O)=[SH]NN)CC1. The summed E-state index contributed by atoms with van der Waals surface area (Å²) in [4.78, 5) is 2.35. The molecule has 0 aliphatic heterocycles. The number of nitrogens with one attached hydrogen (secondary N) is 1. The zero-order valence-corrected chi connectivity index (χ0v) is 15.9. The third-order valence-electron chi connectivity index (χ3n) is 4.67. The van der Waals surface area contributed by atoms with E-state index in [9.17, 15) is 5.11 Å². The monoisotopic (exact) mass is 336 g/mol. The molecular weight excluding hydrogens is 304 g/mol. The van der Waals surface area contributed by atoms with Gasteiger partial charge >= 0.3 is 0 Å². The summed E-state index contributed by atoms with van der Waals surface area (Å²) in [5.41, 5.74) is 0. The zero-order valence-electron chi connectivity index (χ0n) is 14.0. The maximum absolute atomic E-state index is 9.39. The first kappa shape index (κ1) is 19.3. The first-order valence-electron chi connectivity index (χ1n) is 7.68. The van der Waals surface area contributed by atoms with Crippen molar-refractivity contribution < 1.29 is 14.3 Å². The molecule has 1 rings (SSSR count). The molecule has 1 aliphatic rings. The lowest BCUT2D eigenvalue weighted by atomic mass is 9.88. The molecule has 0 aromatic rings. The minimum Gasteiger partial charge on any atom is -0.414 e. The van der Waals surface area contributed by atoms with Gasteiger partial charge in [0.2, 0.25) is 5.24 Å². The molecular formula is C14H32N2O3SSi. The predicted molar refractivity (Wildman–Crippen MR) is 93.9 cm³/mol. The number of thiol groups is 1. The molecule has 7 heteroatoms. The van der Waals surface area contributed by atoms with Crippen molar-refractivity contribution in [3.05, 3.63) is 0 Å². The summed E-state index contributed by atoms with van der Waals surface area (Å²) < 4.78 is 11.8. The number of ether oxygens (including phenoxy) is 1. The molecule has 0 spiro atoms. The Kier molecular flexibility index (Phi) is 7.52. The van der Waals surface area contributed by atoms with Gasteiger partial charge in [-0.05, 0) is 49.7 Å². The number of hydrogen-bond donors (Lipinski definition) is 4. The molecule has 4 N–H and O–H groups in total. The van der Waals surface area contributed by atoms with E-state index in [1.807, 2.05) is 0 Å². The highest BCUT2D eigenvalue weighted by atomic mass is 32.1. The summed E-state index contributed by atoms with van der Waals surface area (Å²) in [5.74, 6) is 5.61. The van der Waals surface area contributed by atoms with Gasteiger partial charge in [0.15, 0.2) is 8.32 Å². The molecule has 5 nitrogen and oxygen atoms in total. The van der Waals surface area contributed by atoms with Crippen LogP contribution in [-0.2, 0) is 9.16 Å². The summed E-state index contributed by atoms with van der Waals surface area (Å²) in [6.45, 7) is 12.0. The summed E-state index contributed by atoms with van der Waals surface area (Å²) in [6, 6.07) is 0. The average molecular weight is 337 g/mol. The van der Waals surface area contributed by atoms with Gasteiger partial charge in [0.25, 0.3) is 0 Å². The van der Waals surface area contributed by atoms with Crippen molar-refractivity contribution in [3.8, 4) is 0 Å². The number of hydrogen-bond acceptors (Lipinski definition) is 4. The Labute approximate surface area is 133 Å². The van der Waals surface area contributed by atoms with Gasteiger partial charge in [-0.3, -0.25) is 5.84 Å². The molecule has 0 aromatic heterocycles. The Balaban J connectivity index is 2.34. The molecule has 0 amide bonds. The lowest BCUT2D eigenvalue weighted by Gasteiger charge is -2.41. The van der Waals surface area contributed by atoms with Crippen LogP contribution in [0.5, 0.6) is 0 Å². The van der Waals surface area contributed by atoms with Crippen LogP contribution < -0.4 is 10.7 Å². The molecule has 0 unspecified atom stereocenters. The Bertz CT molecular complexity index is 351. The van der Waals surface area contributed by atoms with E-state index in [-0.39, 0.29) is 10.3 Å². The minimum absolute atomic E-state index is 0.0582. The largest absolute Gasteiger partial charge is 0.414 e. The number of aliphatic hydroxyl groups excluding tert-OH is 1. The van der Waals surface area contributed by atoms with Gasteiger partial charge in [0.1, 0.15) is 0 Å². The fraction of sp³-hybridized carbons (Fsp3) is 0.929. The Morgan fingerprint density at radius 1 is 1.29 bits per heavy atom. The van der Waals surface area contributed by atoms with Crippen molar-refractivity contribution in [2.45, 2.75) is 70.7 Å². The highest BCUT2D eigenvalue weighted by molar-refractivity contribution is 7.96. The quantitative estimate of drug-likeness (QED) is 0.204. The van der Waals surface area contributed by atoms with Crippen LogP contribution in [0.4, 0.5) is 0 Å². The van der Waals surface area contributed by atoms with E-state index in [1.165, 1.54) is 0 Å². The first-order chi connectivity index (χ1) is 9.65. The summed E-state index contributed by atoms with van der Waals surface area (Å²) in [5, 5.41) is 9.60. The zero-order chi connectivity index (χ0) is 16.1. The van der Waals surface area contributed by atoms with E-state index in [0.717, 1.165) is 25.7 Å². The topological polar surface area (TPSA) is 76.7 Å². The maximum atomic E-state index is 9.39. The van der Waals surface area contributed by atoms with Crippen LogP contribution in [0.25, 0.3) is 0 Å². The average Bonchev–Trinajstić information content (AvgIpc) is 2.36. The van der Waals surface area contributed by atoms with Gasteiger partial charge in [-0.1, -0.05) is 32.3 Å². The molecule has 126 valence electrons. The molecule has 0 atom stereocenters. The van der Waals surface area contributed by atoms with E-state index in [4.69, 9.17) is 15.0 Å². The van der Waals surface area contributed by atoms with Crippen LogP contribution in [0.2, 0.25) is 18.1 Å². The molecule has 0 radical (unpaired) electrons. The second-order valence-electron chi connectivity index (χ2n) is 7.36. The molecule has 1 fully saturated rings. The lowest BCUT2D eigenvalue weighted by Crippen LogP contribution is -2.44. The van der Waals surface area contributed by atoms with Crippen molar-refractivity contribution in [1.82, 2.24) is 4.83 Å². The van der Waals surface area contributed by atoms with E-state index >= 15 is 0 Å². The van der Waals surface area contributed by atoms with Crippen LogP contribution in [0.1, 0.15) is 46.5 Å². The van der Waals surface area contributed by atoms with Gasteiger partial charge in [-0.15, -0.1) is 0 Å². The smallest absolute Gasteiger partial charge is 0.219 e. The number of rotatable bonds is 5. The van der Waals surface area contributed by atoms with Crippen LogP contribution >= 0.6 is 11.5 Å². The number of nitrogens with two attached hydrogens (primary N) is 1.